The van der Waals surface area contributed by atoms with Crippen molar-refractivity contribution in [1.82, 2.24) is 24.4 Å². The van der Waals surface area contributed by atoms with Gasteiger partial charge in [0.1, 0.15) is 11.3 Å². The minimum absolute atomic E-state index is 0.00637. The van der Waals surface area contributed by atoms with E-state index in [1.54, 1.807) is 53.4 Å². The molecule has 4 aromatic rings. The molecular weight excluding hydrogens is 571 g/mol. The molecule has 1 amide bonds. The fourth-order valence-corrected chi connectivity index (χ4v) is 5.90. The molecule has 9 nitrogen and oxygen atoms in total. The van der Waals surface area contributed by atoms with Gasteiger partial charge in [-0.3, -0.25) is 9.69 Å². The average molecular weight is 602 g/mol. The van der Waals surface area contributed by atoms with E-state index in [-0.39, 0.29) is 33.4 Å². The smallest absolute Gasteiger partial charge is 0.433 e. The Morgan fingerprint density at radius 2 is 1.62 bits per heavy atom. The number of halogens is 3. The van der Waals surface area contributed by atoms with Crippen molar-refractivity contribution in [3.8, 4) is 17.0 Å². The van der Waals surface area contributed by atoms with Crippen LogP contribution in [-0.4, -0.2) is 78.3 Å². The number of nitrogens with zero attached hydrogens (tertiary/aromatic N) is 5. The molecule has 2 aromatic heterocycles. The number of sulfone groups is 1. The van der Waals surface area contributed by atoms with Crippen molar-refractivity contribution in [2.75, 3.05) is 39.5 Å². The van der Waals surface area contributed by atoms with Gasteiger partial charge in [-0.15, -0.1) is 0 Å². The highest BCUT2D eigenvalue weighted by Crippen LogP contribution is 2.37. The van der Waals surface area contributed by atoms with Crippen LogP contribution in [0, 0.1) is 6.92 Å². The van der Waals surface area contributed by atoms with Crippen molar-refractivity contribution in [3.63, 3.8) is 0 Å². The highest BCUT2D eigenvalue weighted by atomic mass is 32.2. The number of benzene rings is 2. The van der Waals surface area contributed by atoms with Gasteiger partial charge in [0.2, 0.25) is 0 Å². The van der Waals surface area contributed by atoms with E-state index in [9.17, 15) is 26.4 Å². The maximum Gasteiger partial charge on any atom is 0.433 e. The number of rotatable bonds is 6. The Morgan fingerprint density at radius 1 is 1.00 bits per heavy atom. The van der Waals surface area contributed by atoms with Gasteiger partial charge in [-0.2, -0.15) is 18.3 Å². The first-order chi connectivity index (χ1) is 19.8. The molecule has 0 saturated carbocycles. The first kappa shape index (κ1) is 29.5. The zero-order chi connectivity index (χ0) is 30.4. The van der Waals surface area contributed by atoms with Crippen LogP contribution in [0.1, 0.15) is 40.1 Å². The molecular formula is C29H30F3N5O4S. The normalized spacial score (nSPS) is 15.6. The van der Waals surface area contributed by atoms with Crippen molar-refractivity contribution >= 4 is 21.4 Å². The summed E-state index contributed by atoms with van der Waals surface area (Å²) in [7, 11) is -1.80. The minimum atomic E-state index is -4.74. The van der Waals surface area contributed by atoms with Gasteiger partial charge in [-0.25, -0.2) is 17.9 Å². The average Bonchev–Trinajstić information content (AvgIpc) is 3.38. The predicted octanol–water partition coefficient (Wildman–Crippen LogP) is 4.65. The Kier molecular flexibility index (Phi) is 7.75. The number of aromatic nitrogens is 3. The van der Waals surface area contributed by atoms with Gasteiger partial charge in [0, 0.05) is 49.6 Å². The highest BCUT2D eigenvalue weighted by Gasteiger charge is 2.39. The van der Waals surface area contributed by atoms with Gasteiger partial charge in [0.05, 0.1) is 23.9 Å². The number of ether oxygens (including phenoxy) is 1. The Labute approximate surface area is 241 Å². The van der Waals surface area contributed by atoms with Crippen LogP contribution in [0.2, 0.25) is 0 Å². The van der Waals surface area contributed by atoms with Crippen LogP contribution in [0.4, 0.5) is 13.2 Å². The summed E-state index contributed by atoms with van der Waals surface area (Å²) in [5.41, 5.74) is 0.238. The van der Waals surface area contributed by atoms with Crippen molar-refractivity contribution in [1.29, 1.82) is 0 Å². The zero-order valence-electron chi connectivity index (χ0n) is 23.5. The molecule has 0 N–H and O–H groups in total. The van der Waals surface area contributed by atoms with Gasteiger partial charge in [0.15, 0.2) is 21.2 Å². The number of amides is 1. The Morgan fingerprint density at radius 3 is 2.17 bits per heavy atom. The maximum atomic E-state index is 14.3. The minimum Gasteiger partial charge on any atom is -0.497 e. The Bertz CT molecular complexity index is 1730. The summed E-state index contributed by atoms with van der Waals surface area (Å²) in [6.07, 6.45) is -2.43. The van der Waals surface area contributed by atoms with Crippen LogP contribution in [-0.2, 0) is 16.0 Å². The molecule has 0 radical (unpaired) electrons. The van der Waals surface area contributed by atoms with Gasteiger partial charge in [-0.1, -0.05) is 12.1 Å². The second-order valence-electron chi connectivity index (χ2n) is 10.3. The van der Waals surface area contributed by atoms with E-state index >= 15 is 0 Å². The third kappa shape index (κ3) is 5.58. The number of carbonyl (C=O) groups excluding carboxylic acids is 1. The van der Waals surface area contributed by atoms with Crippen molar-refractivity contribution in [2.45, 2.75) is 31.0 Å². The number of hydrogen-bond donors (Lipinski definition) is 0. The standard InChI is InChI=1S/C29H30F3N5O4S/c1-18-25(21-5-9-22(41-3)10-6-21)34-27-24(17-33-37(27)26(18)29(30,31)32)28(38)36-15-13-35(14-16-36)19(2)20-7-11-23(12-8-20)42(4,39)40/h5-12,17,19H,13-16H2,1-4H3/t19-/m0/s1. The molecule has 0 bridgehead atoms. The lowest BCUT2D eigenvalue weighted by Gasteiger charge is -2.38. The Hall–Kier alpha value is -3.97. The van der Waals surface area contributed by atoms with Crippen molar-refractivity contribution in [2.24, 2.45) is 0 Å². The summed E-state index contributed by atoms with van der Waals surface area (Å²) in [4.78, 5) is 22.1. The largest absolute Gasteiger partial charge is 0.497 e. The van der Waals surface area contributed by atoms with E-state index in [2.05, 4.69) is 15.0 Å². The van der Waals surface area contributed by atoms with Crippen molar-refractivity contribution < 1.29 is 31.1 Å². The SMILES string of the molecule is COc1ccc(-c2nc3c(C(=O)N4CCN([C@@H](C)c5ccc(S(C)(=O)=O)cc5)CC4)cnn3c(C(F)(F)F)c2C)cc1. The first-order valence-electron chi connectivity index (χ1n) is 13.2. The third-order valence-corrected chi connectivity index (χ3v) is 8.81. The summed E-state index contributed by atoms with van der Waals surface area (Å²) >= 11 is 0. The monoisotopic (exact) mass is 601 g/mol. The van der Waals surface area contributed by atoms with Gasteiger partial charge < -0.3 is 9.64 Å². The molecule has 0 unspecified atom stereocenters. The lowest BCUT2D eigenvalue weighted by molar-refractivity contribution is -0.143. The van der Waals surface area contributed by atoms with Crippen LogP contribution in [0.3, 0.4) is 0 Å². The van der Waals surface area contributed by atoms with Crippen LogP contribution < -0.4 is 4.74 Å². The molecule has 1 aliphatic heterocycles. The molecule has 42 heavy (non-hydrogen) atoms. The number of alkyl halides is 3. The topological polar surface area (TPSA) is 97.1 Å². The molecule has 13 heteroatoms. The van der Waals surface area contributed by atoms with Crippen LogP contribution in [0.15, 0.2) is 59.6 Å². The quantitative estimate of drug-likeness (QED) is 0.317. The number of carbonyl (C=O) groups is 1. The fraction of sp³-hybridized carbons (Fsp3) is 0.345. The van der Waals surface area contributed by atoms with E-state index < -0.39 is 27.6 Å². The lowest BCUT2D eigenvalue weighted by Crippen LogP contribution is -2.49. The van der Waals surface area contributed by atoms with Crippen LogP contribution in [0.5, 0.6) is 5.75 Å². The molecule has 5 rings (SSSR count). The number of fused-ring (bicyclic) bond motifs is 1. The second kappa shape index (κ2) is 11.0. The maximum absolute atomic E-state index is 14.3. The molecule has 2 aromatic carbocycles. The van der Waals surface area contributed by atoms with Crippen LogP contribution >= 0.6 is 0 Å². The molecule has 3 heterocycles. The molecule has 1 atom stereocenters. The number of methoxy groups -OCH3 is 1. The van der Waals surface area contributed by atoms with Gasteiger partial charge in [0.25, 0.3) is 5.91 Å². The van der Waals surface area contributed by atoms with E-state index in [1.165, 1.54) is 14.0 Å². The highest BCUT2D eigenvalue weighted by molar-refractivity contribution is 7.90. The van der Waals surface area contributed by atoms with Gasteiger partial charge in [-0.05, 0) is 55.8 Å². The number of hydrogen-bond acceptors (Lipinski definition) is 7. The second-order valence-corrected chi connectivity index (χ2v) is 12.3. The molecule has 1 saturated heterocycles. The Balaban J connectivity index is 1.40. The van der Waals surface area contributed by atoms with E-state index in [4.69, 9.17) is 4.74 Å². The number of piperazine rings is 1. The zero-order valence-corrected chi connectivity index (χ0v) is 24.3. The summed E-state index contributed by atoms with van der Waals surface area (Å²) < 4.78 is 72.2. The van der Waals surface area contributed by atoms with Crippen molar-refractivity contribution in [3.05, 3.63) is 77.1 Å². The van der Waals surface area contributed by atoms with E-state index in [0.717, 1.165) is 18.0 Å². The predicted molar refractivity (Wildman–Crippen MR) is 150 cm³/mol. The molecule has 1 aliphatic rings. The summed E-state index contributed by atoms with van der Waals surface area (Å²) in [6.45, 7) is 5.10. The lowest BCUT2D eigenvalue weighted by atomic mass is 10.0. The van der Waals surface area contributed by atoms with Gasteiger partial charge >= 0.3 is 6.18 Å². The summed E-state index contributed by atoms with van der Waals surface area (Å²) in [6, 6.07) is 13.2. The molecule has 0 spiro atoms. The third-order valence-electron chi connectivity index (χ3n) is 7.69. The van der Waals surface area contributed by atoms with E-state index in [1.807, 2.05) is 6.92 Å². The molecule has 0 aliphatic carbocycles. The summed E-state index contributed by atoms with van der Waals surface area (Å²) in [5.74, 6) is 0.105. The molecule has 222 valence electrons. The van der Waals surface area contributed by atoms with E-state index in [0.29, 0.717) is 42.0 Å². The fourth-order valence-electron chi connectivity index (χ4n) is 5.27. The first-order valence-corrected chi connectivity index (χ1v) is 15.1. The summed E-state index contributed by atoms with van der Waals surface area (Å²) in [5, 5.41) is 3.94. The molecule has 1 fully saturated rings. The van der Waals surface area contributed by atoms with Crippen LogP contribution in [0.25, 0.3) is 16.9 Å².